The molecule has 0 radical (unpaired) electrons. The van der Waals surface area contributed by atoms with Gasteiger partial charge in [0.05, 0.1) is 5.69 Å². The zero-order chi connectivity index (χ0) is 19.3. The van der Waals surface area contributed by atoms with Crippen molar-refractivity contribution in [3.8, 4) is 11.3 Å². The van der Waals surface area contributed by atoms with Crippen LogP contribution < -0.4 is 10.2 Å². The van der Waals surface area contributed by atoms with Crippen molar-refractivity contribution < 1.29 is 5.11 Å². The van der Waals surface area contributed by atoms with Gasteiger partial charge in [-0.2, -0.15) is 5.10 Å². The zero-order valence-electron chi connectivity index (χ0n) is 16.1. The van der Waals surface area contributed by atoms with E-state index in [-0.39, 0.29) is 6.61 Å². The van der Waals surface area contributed by atoms with Crippen molar-refractivity contribution in [2.24, 2.45) is 13.0 Å². The number of hydrogen-bond acceptors (Lipinski definition) is 6. The normalized spacial score (nSPS) is 16.9. The summed E-state index contributed by atoms with van der Waals surface area (Å²) in [7, 11) is 1.94. The molecule has 1 aliphatic rings. The Morgan fingerprint density at radius 2 is 2.07 bits per heavy atom. The van der Waals surface area contributed by atoms with Gasteiger partial charge in [0.1, 0.15) is 18.0 Å². The molecule has 146 valence electrons. The first-order chi connectivity index (χ1) is 13.7. The van der Waals surface area contributed by atoms with Crippen molar-refractivity contribution in [3.63, 3.8) is 0 Å². The Morgan fingerprint density at radius 3 is 2.89 bits per heavy atom. The summed E-state index contributed by atoms with van der Waals surface area (Å²) >= 11 is 0. The van der Waals surface area contributed by atoms with Crippen LogP contribution in [0.25, 0.3) is 11.3 Å². The minimum absolute atomic E-state index is 0.232. The van der Waals surface area contributed by atoms with E-state index in [0.717, 1.165) is 54.4 Å². The van der Waals surface area contributed by atoms with E-state index in [1.807, 2.05) is 42.2 Å². The highest BCUT2D eigenvalue weighted by Gasteiger charge is 2.20. The van der Waals surface area contributed by atoms with E-state index in [9.17, 15) is 5.11 Å². The number of hydrogen-bond donors (Lipinski definition) is 2. The van der Waals surface area contributed by atoms with Crippen LogP contribution in [0.1, 0.15) is 18.4 Å². The van der Waals surface area contributed by atoms with Crippen LogP contribution in [0.3, 0.4) is 0 Å². The van der Waals surface area contributed by atoms with Gasteiger partial charge in [-0.25, -0.2) is 9.97 Å². The van der Waals surface area contributed by atoms with Gasteiger partial charge >= 0.3 is 0 Å². The van der Waals surface area contributed by atoms with Crippen molar-refractivity contribution in [1.82, 2.24) is 19.7 Å². The summed E-state index contributed by atoms with van der Waals surface area (Å²) in [6.45, 7) is 2.67. The molecule has 1 unspecified atom stereocenters. The first-order valence-electron chi connectivity index (χ1n) is 9.72. The van der Waals surface area contributed by atoms with Crippen LogP contribution in [0.15, 0.2) is 48.9 Å². The Hall–Kier alpha value is -2.93. The Kier molecular flexibility index (Phi) is 5.53. The Balaban J connectivity index is 1.48. The maximum absolute atomic E-state index is 9.46. The maximum atomic E-state index is 9.46. The van der Waals surface area contributed by atoms with Crippen LogP contribution >= 0.6 is 0 Å². The Labute approximate surface area is 165 Å². The molecule has 7 heteroatoms. The van der Waals surface area contributed by atoms with E-state index < -0.39 is 0 Å². The fraction of sp³-hybridized carbons (Fsp3) is 0.381. The number of aliphatic hydroxyl groups is 1. The van der Waals surface area contributed by atoms with Crippen LogP contribution in [0.5, 0.6) is 0 Å². The first-order valence-corrected chi connectivity index (χ1v) is 9.72. The predicted octanol–water partition coefficient (Wildman–Crippen LogP) is 2.70. The topological polar surface area (TPSA) is 79.1 Å². The Bertz CT molecular complexity index is 910. The minimum atomic E-state index is 0.232. The quantitative estimate of drug-likeness (QED) is 0.687. The summed E-state index contributed by atoms with van der Waals surface area (Å²) in [5.41, 5.74) is 3.20. The largest absolute Gasteiger partial charge is 0.396 e. The van der Waals surface area contributed by atoms with Gasteiger partial charge in [0.25, 0.3) is 0 Å². The molecule has 2 N–H and O–H groups in total. The lowest BCUT2D eigenvalue weighted by atomic mass is 9.99. The van der Waals surface area contributed by atoms with Gasteiger partial charge in [-0.1, -0.05) is 30.3 Å². The lowest BCUT2D eigenvalue weighted by Crippen LogP contribution is -2.37. The molecular formula is C21H26N6O. The molecule has 28 heavy (non-hydrogen) atoms. The molecule has 7 nitrogen and oxygen atoms in total. The van der Waals surface area contributed by atoms with E-state index in [4.69, 9.17) is 0 Å². The second-order valence-corrected chi connectivity index (χ2v) is 7.29. The van der Waals surface area contributed by atoms with E-state index in [1.165, 1.54) is 0 Å². The predicted molar refractivity (Wildman–Crippen MR) is 110 cm³/mol. The van der Waals surface area contributed by atoms with Gasteiger partial charge in [-0.3, -0.25) is 4.68 Å². The van der Waals surface area contributed by atoms with Gasteiger partial charge in [-0.05, 0) is 18.8 Å². The number of aryl methyl sites for hydroxylation is 1. The summed E-state index contributed by atoms with van der Waals surface area (Å²) in [5, 5.41) is 17.5. The average molecular weight is 378 g/mol. The SMILES string of the molecule is Cn1cc(CNc2cc(N3CCCC(CO)C3)ncn2)c(-c2ccccc2)n1. The van der Waals surface area contributed by atoms with Crippen molar-refractivity contribution in [1.29, 1.82) is 0 Å². The molecule has 3 aromatic rings. The first kappa shape index (κ1) is 18.4. The molecule has 0 spiro atoms. The molecule has 1 fully saturated rings. The molecule has 0 aliphatic carbocycles. The average Bonchev–Trinajstić information content (AvgIpc) is 3.14. The fourth-order valence-corrected chi connectivity index (χ4v) is 3.73. The molecule has 2 aromatic heterocycles. The number of aliphatic hydroxyl groups excluding tert-OH is 1. The van der Waals surface area contributed by atoms with Crippen LogP contribution in [0.4, 0.5) is 11.6 Å². The molecule has 1 saturated heterocycles. The number of rotatable bonds is 6. The highest BCUT2D eigenvalue weighted by molar-refractivity contribution is 5.63. The van der Waals surface area contributed by atoms with Gasteiger partial charge in [0.2, 0.25) is 0 Å². The molecular weight excluding hydrogens is 352 g/mol. The second kappa shape index (κ2) is 8.39. The summed E-state index contributed by atoms with van der Waals surface area (Å²) in [4.78, 5) is 11.0. The Morgan fingerprint density at radius 1 is 1.21 bits per heavy atom. The summed E-state index contributed by atoms with van der Waals surface area (Å²) in [6.07, 6.45) is 5.79. The van der Waals surface area contributed by atoms with Crippen molar-refractivity contribution in [3.05, 3.63) is 54.5 Å². The van der Waals surface area contributed by atoms with Crippen molar-refractivity contribution >= 4 is 11.6 Å². The molecule has 1 aliphatic heterocycles. The van der Waals surface area contributed by atoms with E-state index in [0.29, 0.717) is 12.5 Å². The standard InChI is InChI=1S/C21H26N6O/c1-26-13-18(21(25-26)17-7-3-2-4-8-17)11-22-19-10-20(24-15-23-19)27-9-5-6-16(12-27)14-28/h2-4,7-8,10,13,15-16,28H,5-6,9,11-12,14H2,1H3,(H,22,23,24). The van der Waals surface area contributed by atoms with E-state index in [2.05, 4.69) is 37.4 Å². The third-order valence-electron chi connectivity index (χ3n) is 5.17. The van der Waals surface area contributed by atoms with Crippen molar-refractivity contribution in [2.75, 3.05) is 29.9 Å². The monoisotopic (exact) mass is 378 g/mol. The molecule has 1 aromatic carbocycles. The highest BCUT2D eigenvalue weighted by atomic mass is 16.3. The molecule has 1 atom stereocenters. The summed E-state index contributed by atoms with van der Waals surface area (Å²) in [5.74, 6) is 2.02. The van der Waals surface area contributed by atoms with E-state index in [1.54, 1.807) is 6.33 Å². The van der Waals surface area contributed by atoms with Gasteiger partial charge in [-0.15, -0.1) is 0 Å². The number of piperidine rings is 1. The second-order valence-electron chi connectivity index (χ2n) is 7.29. The fourth-order valence-electron chi connectivity index (χ4n) is 3.73. The highest BCUT2D eigenvalue weighted by Crippen LogP contribution is 2.24. The third kappa shape index (κ3) is 4.14. The molecule has 4 rings (SSSR count). The van der Waals surface area contributed by atoms with Crippen LogP contribution in [-0.2, 0) is 13.6 Å². The molecule has 0 saturated carbocycles. The lowest BCUT2D eigenvalue weighted by Gasteiger charge is -2.32. The van der Waals surface area contributed by atoms with Gasteiger partial charge in [0.15, 0.2) is 0 Å². The van der Waals surface area contributed by atoms with Crippen LogP contribution in [0.2, 0.25) is 0 Å². The molecule has 0 amide bonds. The van der Waals surface area contributed by atoms with Crippen LogP contribution in [0, 0.1) is 5.92 Å². The van der Waals surface area contributed by atoms with Gasteiger partial charge in [0, 0.05) is 56.7 Å². The third-order valence-corrected chi connectivity index (χ3v) is 5.17. The molecule has 0 bridgehead atoms. The van der Waals surface area contributed by atoms with E-state index >= 15 is 0 Å². The summed E-state index contributed by atoms with van der Waals surface area (Å²) in [6, 6.07) is 12.2. The summed E-state index contributed by atoms with van der Waals surface area (Å²) < 4.78 is 1.84. The number of aromatic nitrogens is 4. The maximum Gasteiger partial charge on any atom is 0.134 e. The van der Waals surface area contributed by atoms with Crippen molar-refractivity contribution in [2.45, 2.75) is 19.4 Å². The smallest absolute Gasteiger partial charge is 0.134 e. The number of nitrogens with one attached hydrogen (secondary N) is 1. The minimum Gasteiger partial charge on any atom is -0.396 e. The molecule has 3 heterocycles. The lowest BCUT2D eigenvalue weighted by molar-refractivity contribution is 0.208. The van der Waals surface area contributed by atoms with Crippen LogP contribution in [-0.4, -0.2) is 44.6 Å². The number of benzene rings is 1. The zero-order valence-corrected chi connectivity index (χ0v) is 16.1. The van der Waals surface area contributed by atoms with Gasteiger partial charge < -0.3 is 15.3 Å². The number of anilines is 2. The number of nitrogens with zero attached hydrogens (tertiary/aromatic N) is 5.